The van der Waals surface area contributed by atoms with Crippen molar-refractivity contribution >= 4 is 29.6 Å². The smallest absolute Gasteiger partial charge is 0.328 e. The van der Waals surface area contributed by atoms with E-state index >= 15 is 0 Å². The van der Waals surface area contributed by atoms with E-state index in [9.17, 15) is 49.7 Å². The van der Waals surface area contributed by atoms with Crippen LogP contribution in [0.2, 0.25) is 0 Å². The highest BCUT2D eigenvalue weighted by Crippen LogP contribution is 2.41. The highest BCUT2D eigenvalue weighted by Gasteiger charge is 2.56. The Morgan fingerprint density at radius 2 is 1.66 bits per heavy atom. The first-order valence-corrected chi connectivity index (χ1v) is 10.7. The number of carboxylic acid groups (broad SMARTS) is 4. The van der Waals surface area contributed by atoms with Gasteiger partial charge in [0, 0.05) is 18.2 Å². The average molecular weight is 496 g/mol. The van der Waals surface area contributed by atoms with Gasteiger partial charge in [-0.25, -0.2) is 4.79 Å². The molecule has 1 aliphatic rings. The molecule has 3 unspecified atom stereocenters. The summed E-state index contributed by atoms with van der Waals surface area (Å²) in [7, 11) is 0. The SMILES string of the molecule is CC(C(=O)O)(c1ccc([N+](=O)[O-])cc1)N(CC(=O)O)C1(NCC(=O)O)CCCCC1NCC(=O)O. The van der Waals surface area contributed by atoms with Gasteiger partial charge in [0.15, 0.2) is 0 Å². The van der Waals surface area contributed by atoms with Crippen LogP contribution >= 0.6 is 0 Å². The second kappa shape index (κ2) is 11.2. The van der Waals surface area contributed by atoms with Gasteiger partial charge in [0.25, 0.3) is 5.69 Å². The fourth-order valence-corrected chi connectivity index (χ4v) is 4.63. The van der Waals surface area contributed by atoms with Gasteiger partial charge in [-0.2, -0.15) is 0 Å². The summed E-state index contributed by atoms with van der Waals surface area (Å²) in [6, 6.07) is 3.76. The van der Waals surface area contributed by atoms with Crippen molar-refractivity contribution < 1.29 is 44.5 Å². The monoisotopic (exact) mass is 496 g/mol. The van der Waals surface area contributed by atoms with Crippen LogP contribution in [0, 0.1) is 10.1 Å². The fourth-order valence-electron chi connectivity index (χ4n) is 4.63. The summed E-state index contributed by atoms with van der Waals surface area (Å²) >= 11 is 0. The zero-order valence-electron chi connectivity index (χ0n) is 19.0. The lowest BCUT2D eigenvalue weighted by Gasteiger charge is -2.56. The van der Waals surface area contributed by atoms with Gasteiger partial charge in [-0.1, -0.05) is 12.8 Å². The average Bonchev–Trinajstić information content (AvgIpc) is 2.79. The molecule has 1 saturated carbocycles. The van der Waals surface area contributed by atoms with E-state index in [4.69, 9.17) is 0 Å². The van der Waals surface area contributed by atoms with Gasteiger partial charge in [0.1, 0.15) is 5.54 Å². The van der Waals surface area contributed by atoms with Crippen LogP contribution < -0.4 is 10.6 Å². The van der Waals surface area contributed by atoms with Crippen molar-refractivity contribution in [2.75, 3.05) is 19.6 Å². The standard InChI is InChI=1S/C21H28N4O10/c1-20(19(32)33,13-5-7-14(8-6-13)25(34)35)24(12-18(30)31)21(23-11-17(28)29)9-3-2-4-15(21)22-10-16(26)27/h5-8,15,22-23H,2-4,9-12H2,1H3,(H,26,27)(H,28,29)(H,30,31)(H,32,33). The summed E-state index contributed by atoms with van der Waals surface area (Å²) in [6.07, 6.45) is 1.51. The molecule has 2 rings (SSSR count). The molecule has 1 fully saturated rings. The molecule has 0 aromatic heterocycles. The summed E-state index contributed by atoms with van der Waals surface area (Å²) in [5.41, 5.74) is -3.97. The number of hydrogen-bond acceptors (Lipinski definition) is 9. The van der Waals surface area contributed by atoms with Gasteiger partial charge in [0.2, 0.25) is 0 Å². The first-order chi connectivity index (χ1) is 16.3. The molecule has 0 bridgehead atoms. The number of benzene rings is 1. The largest absolute Gasteiger partial charge is 0.480 e. The maximum Gasteiger partial charge on any atom is 0.328 e. The Morgan fingerprint density at radius 3 is 2.14 bits per heavy atom. The molecule has 1 aromatic rings. The van der Waals surface area contributed by atoms with Gasteiger partial charge in [-0.05, 0) is 37.5 Å². The second-order valence-corrected chi connectivity index (χ2v) is 8.41. The third kappa shape index (κ3) is 6.09. The molecule has 192 valence electrons. The predicted octanol–water partition coefficient (Wildman–Crippen LogP) is 0.269. The lowest BCUT2D eigenvalue weighted by atomic mass is 9.77. The summed E-state index contributed by atoms with van der Waals surface area (Å²) in [4.78, 5) is 58.9. The van der Waals surface area contributed by atoms with E-state index in [-0.39, 0.29) is 17.7 Å². The number of non-ortho nitro benzene ring substituents is 1. The summed E-state index contributed by atoms with van der Waals surface area (Å²) in [5.74, 6) is -5.37. The van der Waals surface area contributed by atoms with E-state index in [0.29, 0.717) is 19.3 Å². The Morgan fingerprint density at radius 1 is 1.06 bits per heavy atom. The molecule has 0 spiro atoms. The number of nitro groups is 1. The van der Waals surface area contributed by atoms with E-state index in [1.165, 1.54) is 19.1 Å². The Bertz CT molecular complexity index is 985. The number of carbonyl (C=O) groups is 4. The Kier molecular flexibility index (Phi) is 8.84. The maximum atomic E-state index is 12.7. The van der Waals surface area contributed by atoms with Gasteiger partial charge in [-0.3, -0.25) is 34.7 Å². The molecule has 3 atom stereocenters. The van der Waals surface area contributed by atoms with Crippen LogP contribution in [0.5, 0.6) is 0 Å². The molecule has 0 amide bonds. The Balaban J connectivity index is 2.75. The normalized spacial score (nSPS) is 21.7. The molecule has 1 aliphatic carbocycles. The van der Waals surface area contributed by atoms with Crippen molar-refractivity contribution in [3.8, 4) is 0 Å². The van der Waals surface area contributed by atoms with Crippen LogP contribution in [-0.2, 0) is 24.7 Å². The van der Waals surface area contributed by atoms with Crippen LogP contribution in [0.1, 0.15) is 38.2 Å². The van der Waals surface area contributed by atoms with Crippen molar-refractivity contribution in [3.05, 3.63) is 39.9 Å². The molecule has 0 saturated heterocycles. The minimum atomic E-state index is -2.10. The summed E-state index contributed by atoms with van der Waals surface area (Å²) in [6.45, 7) is -0.801. The van der Waals surface area contributed by atoms with Crippen molar-refractivity contribution in [2.24, 2.45) is 0 Å². The quantitative estimate of drug-likeness (QED) is 0.123. The van der Waals surface area contributed by atoms with Crippen LogP contribution in [0.25, 0.3) is 0 Å². The van der Waals surface area contributed by atoms with Crippen molar-refractivity contribution in [3.63, 3.8) is 0 Å². The van der Waals surface area contributed by atoms with E-state index in [2.05, 4.69) is 10.6 Å². The molecular formula is C21H28N4O10. The first-order valence-electron chi connectivity index (χ1n) is 10.7. The van der Waals surface area contributed by atoms with Gasteiger partial charge in [-0.15, -0.1) is 0 Å². The van der Waals surface area contributed by atoms with Crippen LogP contribution in [0.3, 0.4) is 0 Å². The molecule has 14 nitrogen and oxygen atoms in total. The van der Waals surface area contributed by atoms with Crippen LogP contribution in [0.15, 0.2) is 24.3 Å². The number of rotatable bonds is 13. The number of hydrogen-bond donors (Lipinski definition) is 6. The zero-order chi connectivity index (χ0) is 26.4. The minimum absolute atomic E-state index is 0.0240. The highest BCUT2D eigenvalue weighted by molar-refractivity contribution is 5.82. The predicted molar refractivity (Wildman–Crippen MR) is 119 cm³/mol. The van der Waals surface area contributed by atoms with Gasteiger partial charge >= 0.3 is 23.9 Å². The van der Waals surface area contributed by atoms with E-state index in [1.807, 2.05) is 0 Å². The fraction of sp³-hybridized carbons (Fsp3) is 0.524. The molecule has 35 heavy (non-hydrogen) atoms. The Hall–Kier alpha value is -3.62. The third-order valence-corrected chi connectivity index (χ3v) is 6.29. The van der Waals surface area contributed by atoms with Gasteiger partial charge in [0.05, 0.1) is 30.2 Å². The topological polar surface area (TPSA) is 220 Å². The third-order valence-electron chi connectivity index (χ3n) is 6.29. The second-order valence-electron chi connectivity index (χ2n) is 8.41. The highest BCUT2D eigenvalue weighted by atomic mass is 16.6. The first kappa shape index (κ1) is 27.6. The lowest BCUT2D eigenvalue weighted by molar-refractivity contribution is -0.384. The van der Waals surface area contributed by atoms with Crippen LogP contribution in [0.4, 0.5) is 5.69 Å². The number of nitrogens with one attached hydrogen (secondary N) is 2. The molecular weight excluding hydrogens is 468 g/mol. The number of aliphatic carboxylic acids is 4. The molecule has 0 radical (unpaired) electrons. The van der Waals surface area contributed by atoms with Crippen molar-refractivity contribution in [1.82, 2.24) is 15.5 Å². The molecule has 0 heterocycles. The van der Waals surface area contributed by atoms with E-state index in [1.54, 1.807) is 0 Å². The maximum absolute atomic E-state index is 12.7. The van der Waals surface area contributed by atoms with Crippen molar-refractivity contribution in [1.29, 1.82) is 0 Å². The number of nitrogens with zero attached hydrogens (tertiary/aromatic N) is 2. The van der Waals surface area contributed by atoms with Crippen LogP contribution in [-0.4, -0.2) is 85.5 Å². The molecule has 1 aromatic carbocycles. The summed E-state index contributed by atoms with van der Waals surface area (Å²) in [5, 5.41) is 55.3. The van der Waals surface area contributed by atoms with Gasteiger partial charge < -0.3 is 25.7 Å². The zero-order valence-corrected chi connectivity index (χ0v) is 19.0. The molecule has 14 heteroatoms. The lowest BCUT2D eigenvalue weighted by Crippen LogP contribution is -2.76. The van der Waals surface area contributed by atoms with E-state index in [0.717, 1.165) is 17.0 Å². The molecule has 6 N–H and O–H groups in total. The number of nitro benzene ring substituents is 1. The minimum Gasteiger partial charge on any atom is -0.480 e. The summed E-state index contributed by atoms with van der Waals surface area (Å²) < 4.78 is 0. The Labute approximate surface area is 199 Å². The molecule has 0 aliphatic heterocycles. The van der Waals surface area contributed by atoms with Crippen molar-refractivity contribution in [2.45, 2.75) is 49.9 Å². The van der Waals surface area contributed by atoms with E-state index < -0.39 is 65.7 Å². The number of carboxylic acids is 4.